The van der Waals surface area contributed by atoms with Crippen LogP contribution in [-0.4, -0.2) is 13.7 Å². The summed E-state index contributed by atoms with van der Waals surface area (Å²) in [5, 5.41) is 5.57. The Hall–Kier alpha value is -1.52. The molecular formula is C18H25NO2S. The maximum absolute atomic E-state index is 5.99. The van der Waals surface area contributed by atoms with Gasteiger partial charge >= 0.3 is 0 Å². The molecule has 0 aliphatic heterocycles. The molecule has 0 atom stereocenters. The monoisotopic (exact) mass is 319 g/mol. The topological polar surface area (TPSA) is 30.5 Å². The van der Waals surface area contributed by atoms with Crippen LogP contribution in [0.25, 0.3) is 0 Å². The summed E-state index contributed by atoms with van der Waals surface area (Å²) in [5.74, 6) is 1.69. The lowest BCUT2D eigenvalue weighted by atomic mass is 10.1. The number of thiophene rings is 1. The highest BCUT2D eigenvalue weighted by atomic mass is 32.1. The molecule has 0 spiro atoms. The molecule has 0 aliphatic rings. The first-order chi connectivity index (χ1) is 10.8. The highest BCUT2D eigenvalue weighted by Gasteiger charge is 2.10. The standard InChI is InChI=1S/C18H25NO2S/c1-3-4-5-11-21-18-15(8-6-10-17(18)20-2)13-19-14-16-9-7-12-22-16/h6-10,12,19H,3-5,11,13-14H2,1-2H3. The van der Waals surface area contributed by atoms with Crippen LogP contribution >= 0.6 is 11.3 Å². The van der Waals surface area contributed by atoms with E-state index in [2.05, 4.69) is 35.8 Å². The Labute approximate surface area is 137 Å². The normalized spacial score (nSPS) is 10.6. The molecule has 2 rings (SSSR count). The third-order valence-electron chi connectivity index (χ3n) is 3.47. The van der Waals surface area contributed by atoms with Gasteiger partial charge in [0.25, 0.3) is 0 Å². The molecule has 0 saturated carbocycles. The van der Waals surface area contributed by atoms with Crippen LogP contribution in [0.3, 0.4) is 0 Å². The molecule has 1 aromatic carbocycles. The van der Waals surface area contributed by atoms with Crippen molar-refractivity contribution < 1.29 is 9.47 Å². The Bertz CT molecular complexity index is 540. The van der Waals surface area contributed by atoms with Crippen LogP contribution in [0, 0.1) is 0 Å². The third-order valence-corrected chi connectivity index (χ3v) is 4.35. The average molecular weight is 319 g/mol. The van der Waals surface area contributed by atoms with Gasteiger partial charge in [-0.25, -0.2) is 0 Å². The smallest absolute Gasteiger partial charge is 0.165 e. The summed E-state index contributed by atoms with van der Waals surface area (Å²) in [4.78, 5) is 1.34. The van der Waals surface area contributed by atoms with Crippen molar-refractivity contribution in [3.8, 4) is 11.5 Å². The number of methoxy groups -OCH3 is 1. The first kappa shape index (κ1) is 16.8. The van der Waals surface area contributed by atoms with Gasteiger partial charge in [0, 0.05) is 23.5 Å². The van der Waals surface area contributed by atoms with Gasteiger partial charge in [-0.05, 0) is 23.9 Å². The van der Waals surface area contributed by atoms with Crippen LogP contribution in [0.15, 0.2) is 35.7 Å². The average Bonchev–Trinajstić information content (AvgIpc) is 3.05. The second kappa shape index (κ2) is 9.49. The number of para-hydroxylation sites is 1. The predicted molar refractivity (Wildman–Crippen MR) is 92.9 cm³/mol. The van der Waals surface area contributed by atoms with Gasteiger partial charge in [-0.15, -0.1) is 11.3 Å². The van der Waals surface area contributed by atoms with Crippen molar-refractivity contribution in [2.75, 3.05) is 13.7 Å². The second-order valence-electron chi connectivity index (χ2n) is 5.19. The molecule has 0 aliphatic carbocycles. The molecule has 0 radical (unpaired) electrons. The molecule has 1 aromatic heterocycles. The maximum atomic E-state index is 5.99. The Morgan fingerprint density at radius 1 is 1.09 bits per heavy atom. The summed E-state index contributed by atoms with van der Waals surface area (Å²) in [5.41, 5.74) is 1.15. The predicted octanol–water partition coefficient (Wildman–Crippen LogP) is 4.62. The number of nitrogens with one attached hydrogen (secondary N) is 1. The Balaban J connectivity index is 1.95. The molecular weight excluding hydrogens is 294 g/mol. The highest BCUT2D eigenvalue weighted by molar-refractivity contribution is 7.09. The van der Waals surface area contributed by atoms with Gasteiger partial charge in [-0.3, -0.25) is 0 Å². The number of hydrogen-bond acceptors (Lipinski definition) is 4. The highest BCUT2D eigenvalue weighted by Crippen LogP contribution is 2.31. The summed E-state index contributed by atoms with van der Waals surface area (Å²) in [6, 6.07) is 10.3. The van der Waals surface area contributed by atoms with Crippen LogP contribution in [0.1, 0.15) is 36.6 Å². The number of unbranched alkanes of at least 4 members (excludes halogenated alkanes) is 2. The Morgan fingerprint density at radius 3 is 2.73 bits per heavy atom. The van der Waals surface area contributed by atoms with Crippen LogP contribution in [0.5, 0.6) is 11.5 Å². The zero-order valence-electron chi connectivity index (χ0n) is 13.4. The molecule has 22 heavy (non-hydrogen) atoms. The van der Waals surface area contributed by atoms with Crippen molar-refractivity contribution in [2.45, 2.75) is 39.3 Å². The van der Waals surface area contributed by atoms with Gasteiger partial charge in [0.1, 0.15) is 0 Å². The van der Waals surface area contributed by atoms with Crippen molar-refractivity contribution in [2.24, 2.45) is 0 Å². The van der Waals surface area contributed by atoms with Crippen molar-refractivity contribution >= 4 is 11.3 Å². The van der Waals surface area contributed by atoms with E-state index < -0.39 is 0 Å². The second-order valence-corrected chi connectivity index (χ2v) is 6.22. The lowest BCUT2D eigenvalue weighted by Crippen LogP contribution is -2.13. The fourth-order valence-corrected chi connectivity index (χ4v) is 2.96. The Morgan fingerprint density at radius 2 is 2.00 bits per heavy atom. The first-order valence-corrected chi connectivity index (χ1v) is 8.75. The van der Waals surface area contributed by atoms with Crippen molar-refractivity contribution in [1.82, 2.24) is 5.32 Å². The summed E-state index contributed by atoms with van der Waals surface area (Å²) in [7, 11) is 1.69. The third kappa shape index (κ3) is 5.04. The molecule has 0 amide bonds. The van der Waals surface area contributed by atoms with Crippen LogP contribution < -0.4 is 14.8 Å². The van der Waals surface area contributed by atoms with E-state index in [1.807, 2.05) is 12.1 Å². The lowest BCUT2D eigenvalue weighted by Gasteiger charge is -2.15. The zero-order chi connectivity index (χ0) is 15.6. The fourth-order valence-electron chi connectivity index (χ4n) is 2.28. The number of ether oxygens (including phenoxy) is 2. The van der Waals surface area contributed by atoms with Gasteiger partial charge in [0.05, 0.1) is 13.7 Å². The summed E-state index contributed by atoms with van der Waals surface area (Å²) >= 11 is 1.77. The van der Waals surface area contributed by atoms with E-state index in [-0.39, 0.29) is 0 Å². The molecule has 0 fully saturated rings. The lowest BCUT2D eigenvalue weighted by molar-refractivity contribution is 0.282. The van der Waals surface area contributed by atoms with Gasteiger partial charge < -0.3 is 14.8 Å². The van der Waals surface area contributed by atoms with Crippen LogP contribution in [0.2, 0.25) is 0 Å². The van der Waals surface area contributed by atoms with E-state index in [4.69, 9.17) is 9.47 Å². The Kier molecular flexibility index (Phi) is 7.26. The van der Waals surface area contributed by atoms with E-state index in [0.29, 0.717) is 0 Å². The number of benzene rings is 1. The summed E-state index contributed by atoms with van der Waals surface area (Å²) in [6.07, 6.45) is 3.47. The minimum absolute atomic E-state index is 0.742. The van der Waals surface area contributed by atoms with E-state index >= 15 is 0 Å². The van der Waals surface area contributed by atoms with E-state index in [9.17, 15) is 0 Å². The maximum Gasteiger partial charge on any atom is 0.165 e. The summed E-state index contributed by atoms with van der Waals surface area (Å²) in [6.45, 7) is 4.59. The summed E-state index contributed by atoms with van der Waals surface area (Å²) < 4.78 is 11.4. The molecule has 0 unspecified atom stereocenters. The van der Waals surface area contributed by atoms with E-state index in [0.717, 1.165) is 43.2 Å². The molecule has 0 bridgehead atoms. The minimum Gasteiger partial charge on any atom is -0.493 e. The van der Waals surface area contributed by atoms with Crippen LogP contribution in [0.4, 0.5) is 0 Å². The van der Waals surface area contributed by atoms with Gasteiger partial charge in [-0.1, -0.05) is 38.0 Å². The van der Waals surface area contributed by atoms with Crippen LogP contribution in [-0.2, 0) is 13.1 Å². The van der Waals surface area contributed by atoms with Gasteiger partial charge in [0.2, 0.25) is 0 Å². The fraction of sp³-hybridized carbons (Fsp3) is 0.444. The van der Waals surface area contributed by atoms with Crippen molar-refractivity contribution in [3.63, 3.8) is 0 Å². The molecule has 2 aromatic rings. The quantitative estimate of drug-likeness (QED) is 0.648. The largest absolute Gasteiger partial charge is 0.493 e. The zero-order valence-corrected chi connectivity index (χ0v) is 14.2. The van der Waals surface area contributed by atoms with E-state index in [1.165, 1.54) is 17.7 Å². The molecule has 4 heteroatoms. The van der Waals surface area contributed by atoms with E-state index in [1.54, 1.807) is 18.4 Å². The van der Waals surface area contributed by atoms with Crippen molar-refractivity contribution in [1.29, 1.82) is 0 Å². The van der Waals surface area contributed by atoms with Crippen molar-refractivity contribution in [3.05, 3.63) is 46.2 Å². The molecule has 120 valence electrons. The SMILES string of the molecule is CCCCCOc1c(CNCc2cccs2)cccc1OC. The molecule has 1 N–H and O–H groups in total. The number of rotatable bonds is 10. The molecule has 0 saturated heterocycles. The van der Waals surface area contributed by atoms with Gasteiger partial charge in [0.15, 0.2) is 11.5 Å². The number of hydrogen-bond donors (Lipinski definition) is 1. The molecule has 3 nitrogen and oxygen atoms in total. The minimum atomic E-state index is 0.742. The van der Waals surface area contributed by atoms with Gasteiger partial charge in [-0.2, -0.15) is 0 Å². The first-order valence-electron chi connectivity index (χ1n) is 7.87. The molecule has 1 heterocycles.